The highest BCUT2D eigenvalue weighted by Gasteiger charge is 2.15. The van der Waals surface area contributed by atoms with E-state index in [1.165, 1.54) is 10.3 Å². The van der Waals surface area contributed by atoms with Crippen LogP contribution in [0.25, 0.3) is 10.9 Å². The van der Waals surface area contributed by atoms with Crippen molar-refractivity contribution in [2.24, 2.45) is 0 Å². The van der Waals surface area contributed by atoms with E-state index in [0.29, 0.717) is 12.9 Å². The van der Waals surface area contributed by atoms with Gasteiger partial charge in [-0.05, 0) is 18.6 Å². The Morgan fingerprint density at radius 1 is 1.28 bits per heavy atom. The minimum atomic E-state index is 0.294. The first-order valence-corrected chi connectivity index (χ1v) is 7.08. The third-order valence-electron chi connectivity index (χ3n) is 2.99. The van der Waals surface area contributed by atoms with Gasteiger partial charge >= 0.3 is 0 Å². The zero-order valence-electron chi connectivity index (χ0n) is 10.0. The van der Waals surface area contributed by atoms with E-state index in [2.05, 4.69) is 29.2 Å². The van der Waals surface area contributed by atoms with Crippen LogP contribution >= 0.6 is 11.8 Å². The minimum Gasteiger partial charge on any atom is -0.355 e. The second kappa shape index (κ2) is 5.69. The summed E-state index contributed by atoms with van der Waals surface area (Å²) in [5, 5.41) is 1.19. The molecule has 3 nitrogen and oxygen atoms in total. The first-order valence-electron chi connectivity index (χ1n) is 6.09. The fourth-order valence-corrected chi connectivity index (χ4v) is 3.12. The summed E-state index contributed by atoms with van der Waals surface area (Å²) in [5.41, 5.74) is 1.08. The Kier molecular flexibility index (Phi) is 3.78. The molecule has 0 aliphatic carbocycles. The SMILES string of the molecule is c1cnc2c(SC[C@H]3CCOCO3)cccc2c1. The van der Waals surface area contributed by atoms with Gasteiger partial charge in [-0.1, -0.05) is 18.2 Å². The van der Waals surface area contributed by atoms with Crippen LogP contribution in [0, 0.1) is 0 Å². The Balaban J connectivity index is 1.74. The standard InChI is InChI=1S/C14H15NO2S/c1-3-11-4-2-7-15-14(11)13(5-1)18-9-12-6-8-16-10-17-12/h1-5,7,12H,6,8-10H2/t12-/m1/s1. The monoisotopic (exact) mass is 261 g/mol. The summed E-state index contributed by atoms with van der Waals surface area (Å²) in [7, 11) is 0. The molecule has 2 aromatic rings. The Bertz CT molecular complexity index is 521. The zero-order valence-corrected chi connectivity index (χ0v) is 10.9. The van der Waals surface area contributed by atoms with Crippen molar-refractivity contribution in [2.45, 2.75) is 17.4 Å². The van der Waals surface area contributed by atoms with Crippen LogP contribution in [0.2, 0.25) is 0 Å². The summed E-state index contributed by atoms with van der Waals surface area (Å²) in [4.78, 5) is 5.68. The van der Waals surface area contributed by atoms with E-state index < -0.39 is 0 Å². The van der Waals surface area contributed by atoms with Crippen LogP contribution in [0.3, 0.4) is 0 Å². The molecule has 2 heterocycles. The second-order valence-corrected chi connectivity index (χ2v) is 5.31. The van der Waals surface area contributed by atoms with Crippen LogP contribution in [0.1, 0.15) is 6.42 Å². The number of hydrogen-bond acceptors (Lipinski definition) is 4. The van der Waals surface area contributed by atoms with Crippen LogP contribution in [-0.2, 0) is 9.47 Å². The Labute approximate surface area is 111 Å². The average molecular weight is 261 g/mol. The molecule has 1 aromatic heterocycles. The van der Waals surface area contributed by atoms with Gasteiger partial charge in [-0.3, -0.25) is 4.98 Å². The lowest BCUT2D eigenvalue weighted by Crippen LogP contribution is -2.25. The van der Waals surface area contributed by atoms with Crippen molar-refractivity contribution >= 4 is 22.7 Å². The van der Waals surface area contributed by atoms with Crippen LogP contribution in [0.15, 0.2) is 41.4 Å². The Morgan fingerprint density at radius 2 is 2.22 bits per heavy atom. The number of aromatic nitrogens is 1. The molecule has 1 atom stereocenters. The van der Waals surface area contributed by atoms with Gasteiger partial charge in [0.25, 0.3) is 0 Å². The second-order valence-electron chi connectivity index (χ2n) is 4.25. The summed E-state index contributed by atoms with van der Waals surface area (Å²) in [5.74, 6) is 0.957. The number of para-hydroxylation sites is 1. The fourth-order valence-electron chi connectivity index (χ4n) is 2.01. The van der Waals surface area contributed by atoms with Crippen molar-refractivity contribution in [3.63, 3.8) is 0 Å². The van der Waals surface area contributed by atoms with Crippen molar-refractivity contribution in [3.05, 3.63) is 36.5 Å². The van der Waals surface area contributed by atoms with Gasteiger partial charge in [-0.2, -0.15) is 0 Å². The topological polar surface area (TPSA) is 31.4 Å². The van der Waals surface area contributed by atoms with Gasteiger partial charge in [0, 0.05) is 22.2 Å². The number of rotatable bonds is 3. The minimum absolute atomic E-state index is 0.294. The number of hydrogen-bond donors (Lipinski definition) is 0. The number of benzene rings is 1. The van der Waals surface area contributed by atoms with E-state index in [0.717, 1.165) is 24.3 Å². The fraction of sp³-hybridized carbons (Fsp3) is 0.357. The summed E-state index contributed by atoms with van der Waals surface area (Å²) < 4.78 is 10.7. The van der Waals surface area contributed by atoms with E-state index in [4.69, 9.17) is 9.47 Å². The molecule has 0 N–H and O–H groups in total. The summed E-state index contributed by atoms with van der Waals surface area (Å²) in [6, 6.07) is 10.4. The first-order chi connectivity index (χ1) is 8.93. The van der Waals surface area contributed by atoms with E-state index in [9.17, 15) is 0 Å². The molecule has 0 spiro atoms. The van der Waals surface area contributed by atoms with Crippen molar-refractivity contribution in [2.75, 3.05) is 19.2 Å². The van der Waals surface area contributed by atoms with Crippen molar-refractivity contribution in [1.29, 1.82) is 0 Å². The van der Waals surface area contributed by atoms with Gasteiger partial charge < -0.3 is 9.47 Å². The molecule has 4 heteroatoms. The molecule has 94 valence electrons. The van der Waals surface area contributed by atoms with Gasteiger partial charge in [-0.15, -0.1) is 11.8 Å². The van der Waals surface area contributed by atoms with Crippen LogP contribution in [-0.4, -0.2) is 30.2 Å². The van der Waals surface area contributed by atoms with Gasteiger partial charge in [-0.25, -0.2) is 0 Å². The molecule has 18 heavy (non-hydrogen) atoms. The molecule has 0 amide bonds. The molecule has 1 fully saturated rings. The molecule has 1 saturated heterocycles. The Hall–Kier alpha value is -1.10. The first kappa shape index (κ1) is 12.0. The van der Waals surface area contributed by atoms with E-state index in [-0.39, 0.29) is 0 Å². The molecule has 3 rings (SSSR count). The maximum Gasteiger partial charge on any atom is 0.147 e. The van der Waals surface area contributed by atoms with Gasteiger partial charge in [0.15, 0.2) is 0 Å². The molecular formula is C14H15NO2S. The largest absolute Gasteiger partial charge is 0.355 e. The summed E-state index contributed by atoms with van der Waals surface area (Å²) >= 11 is 1.81. The summed E-state index contributed by atoms with van der Waals surface area (Å²) in [6.45, 7) is 1.23. The maximum absolute atomic E-state index is 5.55. The van der Waals surface area contributed by atoms with Crippen molar-refractivity contribution < 1.29 is 9.47 Å². The number of thioether (sulfide) groups is 1. The maximum atomic E-state index is 5.55. The predicted molar refractivity (Wildman–Crippen MR) is 72.8 cm³/mol. The van der Waals surface area contributed by atoms with Crippen molar-refractivity contribution in [3.8, 4) is 0 Å². The number of fused-ring (bicyclic) bond motifs is 1. The molecule has 0 saturated carbocycles. The lowest BCUT2D eigenvalue weighted by Gasteiger charge is -2.22. The van der Waals surface area contributed by atoms with Gasteiger partial charge in [0.1, 0.15) is 6.79 Å². The highest BCUT2D eigenvalue weighted by atomic mass is 32.2. The average Bonchev–Trinajstić information content (AvgIpc) is 2.46. The molecule has 1 aromatic carbocycles. The molecule has 1 aliphatic rings. The lowest BCUT2D eigenvalue weighted by atomic mass is 10.2. The Morgan fingerprint density at radius 3 is 3.11 bits per heavy atom. The van der Waals surface area contributed by atoms with Crippen molar-refractivity contribution in [1.82, 2.24) is 4.98 Å². The smallest absolute Gasteiger partial charge is 0.147 e. The normalized spacial score (nSPS) is 20.1. The third kappa shape index (κ3) is 2.66. The zero-order chi connectivity index (χ0) is 12.2. The van der Waals surface area contributed by atoms with E-state index in [1.54, 1.807) is 0 Å². The van der Waals surface area contributed by atoms with E-state index >= 15 is 0 Å². The molecule has 1 aliphatic heterocycles. The van der Waals surface area contributed by atoms with Crippen LogP contribution < -0.4 is 0 Å². The summed E-state index contributed by atoms with van der Waals surface area (Å²) in [6.07, 6.45) is 3.12. The van der Waals surface area contributed by atoms with E-state index in [1.807, 2.05) is 24.0 Å². The van der Waals surface area contributed by atoms with Gasteiger partial charge in [0.2, 0.25) is 0 Å². The molecule has 0 bridgehead atoms. The number of nitrogens with zero attached hydrogens (tertiary/aromatic N) is 1. The highest BCUT2D eigenvalue weighted by Crippen LogP contribution is 2.27. The van der Waals surface area contributed by atoms with Crippen LogP contribution in [0.5, 0.6) is 0 Å². The van der Waals surface area contributed by atoms with Crippen LogP contribution in [0.4, 0.5) is 0 Å². The molecule has 0 radical (unpaired) electrons. The quantitative estimate of drug-likeness (QED) is 0.795. The lowest BCUT2D eigenvalue weighted by molar-refractivity contribution is -0.130. The predicted octanol–water partition coefficient (Wildman–Crippen LogP) is 3.09. The number of pyridine rings is 1. The third-order valence-corrected chi connectivity index (χ3v) is 4.17. The molecular weight excluding hydrogens is 246 g/mol. The number of ether oxygens (including phenoxy) is 2. The highest BCUT2D eigenvalue weighted by molar-refractivity contribution is 7.99. The van der Waals surface area contributed by atoms with Gasteiger partial charge in [0.05, 0.1) is 18.2 Å². The molecule has 0 unspecified atom stereocenters.